The molecule has 0 saturated carbocycles. The summed E-state index contributed by atoms with van der Waals surface area (Å²) >= 11 is 0. The number of hydrogen-bond acceptors (Lipinski definition) is 3. The molecule has 1 aromatic rings. The first-order valence-corrected chi connectivity index (χ1v) is 7.86. The van der Waals surface area contributed by atoms with Crippen molar-refractivity contribution < 1.29 is 14.0 Å². The van der Waals surface area contributed by atoms with Gasteiger partial charge in [0.15, 0.2) is 0 Å². The molecule has 1 fully saturated rings. The summed E-state index contributed by atoms with van der Waals surface area (Å²) in [7, 11) is -0.329. The zero-order valence-corrected chi connectivity index (χ0v) is 14.2. The van der Waals surface area contributed by atoms with Gasteiger partial charge in [-0.2, -0.15) is 0 Å². The lowest BCUT2D eigenvalue weighted by Gasteiger charge is -2.32. The van der Waals surface area contributed by atoms with Crippen molar-refractivity contribution in [3.63, 3.8) is 0 Å². The maximum atomic E-state index is 6.13. The van der Waals surface area contributed by atoms with Gasteiger partial charge in [-0.25, -0.2) is 0 Å². The van der Waals surface area contributed by atoms with Crippen LogP contribution in [0, 0.1) is 6.92 Å². The minimum atomic E-state index is -0.329. The van der Waals surface area contributed by atoms with Crippen LogP contribution in [0.2, 0.25) is 0 Å². The van der Waals surface area contributed by atoms with E-state index in [1.165, 1.54) is 0 Å². The quantitative estimate of drug-likeness (QED) is 0.614. The molecule has 0 radical (unpaired) electrons. The summed E-state index contributed by atoms with van der Waals surface area (Å²) in [5, 5.41) is 0. The molecule has 1 aromatic carbocycles. The van der Waals surface area contributed by atoms with Crippen LogP contribution in [0.5, 0.6) is 5.75 Å². The summed E-state index contributed by atoms with van der Waals surface area (Å²) in [4.78, 5) is 0. The molecule has 0 unspecified atom stereocenters. The van der Waals surface area contributed by atoms with Crippen LogP contribution in [0.4, 0.5) is 0 Å². The van der Waals surface area contributed by atoms with Crippen molar-refractivity contribution in [1.82, 2.24) is 0 Å². The number of rotatable bonds is 5. The summed E-state index contributed by atoms with van der Waals surface area (Å²) in [6.07, 6.45) is 2.20. The Morgan fingerprint density at radius 1 is 1.10 bits per heavy atom. The molecular weight excluding hydrogens is 263 g/mol. The molecular formula is C17H27BO3. The third kappa shape index (κ3) is 3.43. The molecule has 0 aromatic heterocycles. The summed E-state index contributed by atoms with van der Waals surface area (Å²) in [6.45, 7) is 13.3. The lowest BCUT2D eigenvalue weighted by Crippen LogP contribution is -2.41. The normalized spacial score (nSPS) is 19.8. The molecule has 4 heteroatoms. The van der Waals surface area contributed by atoms with Gasteiger partial charge in [0.25, 0.3) is 0 Å². The molecule has 1 heterocycles. The molecule has 116 valence electrons. The van der Waals surface area contributed by atoms with Gasteiger partial charge in [0.2, 0.25) is 0 Å². The molecule has 2 rings (SSSR count). The maximum Gasteiger partial charge on any atom is 0.495 e. The van der Waals surface area contributed by atoms with Gasteiger partial charge in [0.05, 0.1) is 17.8 Å². The second kappa shape index (κ2) is 6.01. The highest BCUT2D eigenvalue weighted by atomic mass is 16.7. The summed E-state index contributed by atoms with van der Waals surface area (Å²) in [5.74, 6) is 0.888. The standard InChI is InChI=1S/C17H27BO3/c1-7-8-11-19-14-10-9-13(2)15(12-14)18-20-16(3,4)17(5,6)21-18/h9-10,12H,7-8,11H2,1-6H3. The van der Waals surface area contributed by atoms with E-state index >= 15 is 0 Å². The van der Waals surface area contributed by atoms with E-state index in [1.807, 2.05) is 12.1 Å². The largest absolute Gasteiger partial charge is 0.495 e. The third-order valence-electron chi connectivity index (χ3n) is 4.52. The Balaban J connectivity index is 2.18. The van der Waals surface area contributed by atoms with Crippen molar-refractivity contribution in [2.45, 2.75) is 65.6 Å². The fourth-order valence-corrected chi connectivity index (χ4v) is 2.27. The van der Waals surface area contributed by atoms with Gasteiger partial charge in [-0.1, -0.05) is 25.0 Å². The van der Waals surface area contributed by atoms with E-state index in [9.17, 15) is 0 Å². The zero-order chi connectivity index (χ0) is 15.7. The van der Waals surface area contributed by atoms with E-state index in [0.29, 0.717) is 0 Å². The molecule has 3 nitrogen and oxygen atoms in total. The number of ether oxygens (including phenoxy) is 1. The van der Waals surface area contributed by atoms with Crippen LogP contribution in [0.1, 0.15) is 53.0 Å². The van der Waals surface area contributed by atoms with Crippen LogP contribution in [0.3, 0.4) is 0 Å². The van der Waals surface area contributed by atoms with Crippen LogP contribution in [0.15, 0.2) is 18.2 Å². The SMILES string of the molecule is CCCCOc1ccc(C)c(B2OC(C)(C)C(C)(C)O2)c1. The highest BCUT2D eigenvalue weighted by Gasteiger charge is 2.52. The van der Waals surface area contributed by atoms with Gasteiger partial charge >= 0.3 is 7.12 Å². The minimum absolute atomic E-state index is 0.316. The highest BCUT2D eigenvalue weighted by molar-refractivity contribution is 6.62. The Labute approximate surface area is 129 Å². The number of benzene rings is 1. The average Bonchev–Trinajstić information content (AvgIpc) is 2.60. The second-order valence-electron chi connectivity index (χ2n) is 6.81. The predicted molar refractivity (Wildman–Crippen MR) is 87.3 cm³/mol. The van der Waals surface area contributed by atoms with Gasteiger partial charge in [-0.15, -0.1) is 0 Å². The highest BCUT2D eigenvalue weighted by Crippen LogP contribution is 2.36. The Morgan fingerprint density at radius 3 is 2.29 bits per heavy atom. The Kier molecular flexibility index (Phi) is 4.69. The van der Waals surface area contributed by atoms with Gasteiger partial charge in [-0.05, 0) is 58.6 Å². The third-order valence-corrected chi connectivity index (χ3v) is 4.52. The molecule has 1 saturated heterocycles. The summed E-state index contributed by atoms with van der Waals surface area (Å²) < 4.78 is 18.1. The molecule has 0 N–H and O–H groups in total. The number of unbranched alkanes of at least 4 members (excludes halogenated alkanes) is 1. The van der Waals surface area contributed by atoms with Crippen LogP contribution in [-0.4, -0.2) is 24.9 Å². The first-order valence-electron chi connectivity index (χ1n) is 7.86. The van der Waals surface area contributed by atoms with E-state index < -0.39 is 0 Å². The van der Waals surface area contributed by atoms with Crippen molar-refractivity contribution in [2.24, 2.45) is 0 Å². The van der Waals surface area contributed by atoms with Gasteiger partial charge in [0.1, 0.15) is 5.75 Å². The van der Waals surface area contributed by atoms with Crippen molar-refractivity contribution in [1.29, 1.82) is 0 Å². The molecule has 1 aliphatic rings. The smallest absolute Gasteiger partial charge is 0.494 e. The molecule has 0 spiro atoms. The Bertz CT molecular complexity index is 481. The Hall–Kier alpha value is -0.995. The van der Waals surface area contributed by atoms with Crippen molar-refractivity contribution in [3.05, 3.63) is 23.8 Å². The summed E-state index contributed by atoms with van der Waals surface area (Å²) in [5.41, 5.74) is 1.59. The van der Waals surface area contributed by atoms with Gasteiger partial charge in [-0.3, -0.25) is 0 Å². The molecule has 1 aliphatic heterocycles. The lowest BCUT2D eigenvalue weighted by molar-refractivity contribution is 0.00578. The average molecular weight is 290 g/mol. The van der Waals surface area contributed by atoms with Gasteiger partial charge < -0.3 is 14.0 Å². The molecule has 0 bridgehead atoms. The van der Waals surface area contributed by atoms with Crippen molar-refractivity contribution in [3.8, 4) is 5.75 Å². The predicted octanol–water partition coefficient (Wildman–Crippen LogP) is 3.47. The lowest BCUT2D eigenvalue weighted by atomic mass is 9.76. The first-order chi connectivity index (χ1) is 9.77. The topological polar surface area (TPSA) is 27.7 Å². The zero-order valence-electron chi connectivity index (χ0n) is 14.2. The van der Waals surface area contributed by atoms with Crippen molar-refractivity contribution >= 4 is 12.6 Å². The molecule has 21 heavy (non-hydrogen) atoms. The first kappa shape index (κ1) is 16.4. The monoisotopic (exact) mass is 290 g/mol. The van der Waals surface area contributed by atoms with E-state index in [2.05, 4.69) is 47.6 Å². The van der Waals surface area contributed by atoms with Crippen LogP contribution >= 0.6 is 0 Å². The van der Waals surface area contributed by atoms with Crippen molar-refractivity contribution in [2.75, 3.05) is 6.61 Å². The van der Waals surface area contributed by atoms with Crippen LogP contribution in [-0.2, 0) is 9.31 Å². The van der Waals surface area contributed by atoms with E-state index in [4.69, 9.17) is 14.0 Å². The van der Waals surface area contributed by atoms with E-state index in [-0.39, 0.29) is 18.3 Å². The fraction of sp³-hybridized carbons (Fsp3) is 0.647. The fourth-order valence-electron chi connectivity index (χ4n) is 2.27. The maximum absolute atomic E-state index is 6.13. The molecule has 0 aliphatic carbocycles. The number of hydrogen-bond donors (Lipinski definition) is 0. The Morgan fingerprint density at radius 2 is 1.71 bits per heavy atom. The second-order valence-corrected chi connectivity index (χ2v) is 6.81. The van der Waals surface area contributed by atoms with Crippen LogP contribution < -0.4 is 10.2 Å². The summed E-state index contributed by atoms with van der Waals surface area (Å²) in [6, 6.07) is 6.13. The van der Waals surface area contributed by atoms with Crippen LogP contribution in [0.25, 0.3) is 0 Å². The minimum Gasteiger partial charge on any atom is -0.494 e. The molecule has 0 atom stereocenters. The molecule has 0 amide bonds. The number of aryl methyl sites for hydroxylation is 1. The van der Waals surface area contributed by atoms with Gasteiger partial charge in [0, 0.05) is 0 Å². The van der Waals surface area contributed by atoms with E-state index in [1.54, 1.807) is 0 Å². The van der Waals surface area contributed by atoms with E-state index in [0.717, 1.165) is 36.2 Å².